The van der Waals surface area contributed by atoms with Crippen molar-refractivity contribution >= 4 is 16.7 Å². The summed E-state index contributed by atoms with van der Waals surface area (Å²) in [6, 6.07) is 7.21. The number of hydrogen-bond donors (Lipinski definition) is 0. The predicted molar refractivity (Wildman–Crippen MR) is 63.4 cm³/mol. The molecule has 84 valence electrons. The van der Waals surface area contributed by atoms with Gasteiger partial charge in [0.15, 0.2) is 0 Å². The summed E-state index contributed by atoms with van der Waals surface area (Å²) in [5.41, 5.74) is 0.735. The lowest BCUT2D eigenvalue weighted by atomic mass is 10.2. The fraction of sp³-hybridized carbons (Fsp3) is 0.250. The molecule has 0 spiro atoms. The number of ether oxygens (including phenoxy) is 1. The van der Waals surface area contributed by atoms with Crippen molar-refractivity contribution in [3.8, 4) is 5.75 Å². The van der Waals surface area contributed by atoms with E-state index in [4.69, 9.17) is 9.15 Å². The zero-order valence-electron chi connectivity index (χ0n) is 9.48. The van der Waals surface area contributed by atoms with E-state index in [1.165, 1.54) is 0 Å². The Balaban J connectivity index is 2.69. The second-order valence-electron chi connectivity index (χ2n) is 3.72. The molecule has 0 saturated carbocycles. The van der Waals surface area contributed by atoms with Crippen LogP contribution in [-0.4, -0.2) is 21.2 Å². The number of methoxy groups -OCH3 is 1. The Labute approximate surface area is 93.0 Å². The fourth-order valence-corrected chi connectivity index (χ4v) is 1.52. The number of benzene rings is 1. The Bertz CT molecular complexity index is 572. The van der Waals surface area contributed by atoms with E-state index in [0.29, 0.717) is 17.0 Å². The molecule has 0 atom stereocenters. The van der Waals surface area contributed by atoms with E-state index < -0.39 is 0 Å². The van der Waals surface area contributed by atoms with Crippen molar-refractivity contribution in [1.82, 2.24) is 0 Å². The van der Waals surface area contributed by atoms with Gasteiger partial charge in [0.05, 0.1) is 7.11 Å². The van der Waals surface area contributed by atoms with Gasteiger partial charge in [-0.25, -0.2) is 4.79 Å². The van der Waals surface area contributed by atoms with Crippen LogP contribution in [0.2, 0.25) is 0 Å². The van der Waals surface area contributed by atoms with Gasteiger partial charge in [0.25, 0.3) is 0 Å². The molecule has 0 amide bonds. The van der Waals surface area contributed by atoms with Crippen LogP contribution in [-0.2, 0) is 0 Å². The Hall–Kier alpha value is -1.97. The summed E-state index contributed by atoms with van der Waals surface area (Å²) < 4.78 is 10.3. The van der Waals surface area contributed by atoms with Crippen molar-refractivity contribution in [3.05, 3.63) is 34.7 Å². The van der Waals surface area contributed by atoms with Crippen LogP contribution in [0.15, 0.2) is 33.5 Å². The first-order chi connectivity index (χ1) is 7.61. The van der Waals surface area contributed by atoms with Gasteiger partial charge in [-0.3, -0.25) is 0 Å². The van der Waals surface area contributed by atoms with Crippen molar-refractivity contribution < 1.29 is 9.15 Å². The molecule has 0 aliphatic rings. The lowest BCUT2D eigenvalue weighted by Gasteiger charge is -2.11. The minimum absolute atomic E-state index is 0.342. The van der Waals surface area contributed by atoms with Crippen molar-refractivity contribution in [2.24, 2.45) is 0 Å². The molecule has 0 unspecified atom stereocenters. The first-order valence-electron chi connectivity index (χ1n) is 4.91. The third-order valence-electron chi connectivity index (χ3n) is 2.41. The highest BCUT2D eigenvalue weighted by atomic mass is 16.5. The highest BCUT2D eigenvalue weighted by Gasteiger charge is 2.07. The molecule has 2 rings (SSSR count). The van der Waals surface area contributed by atoms with E-state index in [9.17, 15) is 4.79 Å². The minimum Gasteiger partial charge on any atom is -0.497 e. The summed E-state index contributed by atoms with van der Waals surface area (Å²) in [5.74, 6) is 0.674. The van der Waals surface area contributed by atoms with Gasteiger partial charge in [0.1, 0.15) is 17.0 Å². The van der Waals surface area contributed by atoms with Gasteiger partial charge in [-0.2, -0.15) is 0 Å². The van der Waals surface area contributed by atoms with Crippen LogP contribution < -0.4 is 15.3 Å². The summed E-state index contributed by atoms with van der Waals surface area (Å²) in [7, 11) is 5.19. The summed E-state index contributed by atoms with van der Waals surface area (Å²) >= 11 is 0. The van der Waals surface area contributed by atoms with Crippen LogP contribution in [0, 0.1) is 0 Å². The molecular weight excluding hydrogens is 206 g/mol. The number of fused-ring (bicyclic) bond motifs is 1. The smallest absolute Gasteiger partial charge is 0.360 e. The third-order valence-corrected chi connectivity index (χ3v) is 2.41. The number of anilines is 1. The van der Waals surface area contributed by atoms with E-state index in [2.05, 4.69) is 0 Å². The van der Waals surface area contributed by atoms with Crippen LogP contribution >= 0.6 is 0 Å². The molecule has 0 saturated heterocycles. The van der Waals surface area contributed by atoms with Gasteiger partial charge >= 0.3 is 5.63 Å². The topological polar surface area (TPSA) is 42.7 Å². The van der Waals surface area contributed by atoms with Crippen LogP contribution in [0.3, 0.4) is 0 Å². The molecule has 0 aliphatic carbocycles. The van der Waals surface area contributed by atoms with Crippen molar-refractivity contribution in [2.45, 2.75) is 0 Å². The maximum Gasteiger partial charge on any atom is 0.360 e. The second-order valence-corrected chi connectivity index (χ2v) is 3.72. The van der Waals surface area contributed by atoms with Gasteiger partial charge < -0.3 is 14.1 Å². The Morgan fingerprint density at radius 3 is 2.62 bits per heavy atom. The van der Waals surface area contributed by atoms with Crippen LogP contribution in [0.25, 0.3) is 11.0 Å². The third kappa shape index (κ3) is 1.74. The summed E-state index contributed by atoms with van der Waals surface area (Å²) in [4.78, 5) is 13.4. The van der Waals surface area contributed by atoms with Gasteiger partial charge in [-0.15, -0.1) is 0 Å². The molecule has 0 bridgehead atoms. The van der Waals surface area contributed by atoms with Crippen LogP contribution in [0.1, 0.15) is 0 Å². The monoisotopic (exact) mass is 219 g/mol. The zero-order chi connectivity index (χ0) is 11.7. The lowest BCUT2D eigenvalue weighted by molar-refractivity contribution is 0.414. The highest BCUT2D eigenvalue weighted by molar-refractivity contribution is 5.81. The average Bonchev–Trinajstić information content (AvgIpc) is 2.27. The Morgan fingerprint density at radius 2 is 2.00 bits per heavy atom. The number of hydrogen-bond acceptors (Lipinski definition) is 4. The number of rotatable bonds is 2. The van der Waals surface area contributed by atoms with Gasteiger partial charge in [-0.1, -0.05) is 0 Å². The fourth-order valence-electron chi connectivity index (χ4n) is 1.52. The molecule has 1 heterocycles. The van der Waals surface area contributed by atoms with E-state index in [1.54, 1.807) is 24.1 Å². The van der Waals surface area contributed by atoms with Crippen molar-refractivity contribution in [1.29, 1.82) is 0 Å². The minimum atomic E-state index is -0.342. The summed E-state index contributed by atoms with van der Waals surface area (Å²) in [6.45, 7) is 0. The quantitative estimate of drug-likeness (QED) is 0.723. The normalized spacial score (nSPS) is 10.4. The first-order valence-corrected chi connectivity index (χ1v) is 4.91. The summed E-state index contributed by atoms with van der Waals surface area (Å²) in [5, 5.41) is 0.879. The Kier molecular flexibility index (Phi) is 2.56. The largest absolute Gasteiger partial charge is 0.497 e. The summed E-state index contributed by atoms with van der Waals surface area (Å²) in [6.07, 6.45) is 0. The molecule has 4 nitrogen and oxygen atoms in total. The molecule has 1 aromatic carbocycles. The molecule has 1 aromatic heterocycles. The maximum absolute atomic E-state index is 11.6. The SMILES string of the molecule is COc1ccc2cc(N(C)C)c(=O)oc2c1. The molecule has 4 heteroatoms. The van der Waals surface area contributed by atoms with E-state index in [1.807, 2.05) is 26.2 Å². The molecule has 0 aliphatic heterocycles. The molecule has 2 aromatic rings. The van der Waals surface area contributed by atoms with Gasteiger partial charge in [0.2, 0.25) is 0 Å². The van der Waals surface area contributed by atoms with Crippen molar-refractivity contribution in [3.63, 3.8) is 0 Å². The van der Waals surface area contributed by atoms with E-state index in [-0.39, 0.29) is 5.63 Å². The molecule has 16 heavy (non-hydrogen) atoms. The standard InChI is InChI=1S/C12H13NO3/c1-13(2)10-6-8-4-5-9(15-3)7-11(8)16-12(10)14/h4-7H,1-3H3. The lowest BCUT2D eigenvalue weighted by Crippen LogP contribution is -2.17. The zero-order valence-corrected chi connectivity index (χ0v) is 9.48. The Morgan fingerprint density at radius 1 is 1.25 bits per heavy atom. The van der Waals surface area contributed by atoms with Crippen molar-refractivity contribution in [2.75, 3.05) is 26.1 Å². The first kappa shape index (κ1) is 10.5. The van der Waals surface area contributed by atoms with Crippen LogP contribution in [0.4, 0.5) is 5.69 Å². The van der Waals surface area contributed by atoms with Gasteiger partial charge in [-0.05, 0) is 18.2 Å². The molecule has 0 N–H and O–H groups in total. The second kappa shape index (κ2) is 3.89. The average molecular weight is 219 g/mol. The maximum atomic E-state index is 11.6. The molecular formula is C12H13NO3. The van der Waals surface area contributed by atoms with Crippen LogP contribution in [0.5, 0.6) is 5.75 Å². The molecule has 0 radical (unpaired) electrons. The highest BCUT2D eigenvalue weighted by Crippen LogP contribution is 2.21. The van der Waals surface area contributed by atoms with Gasteiger partial charge in [0, 0.05) is 25.5 Å². The molecule has 0 fully saturated rings. The van der Waals surface area contributed by atoms with E-state index >= 15 is 0 Å². The van der Waals surface area contributed by atoms with E-state index in [0.717, 1.165) is 5.39 Å². The number of nitrogens with zero attached hydrogens (tertiary/aromatic N) is 1. The predicted octanol–water partition coefficient (Wildman–Crippen LogP) is 1.87.